The van der Waals surface area contributed by atoms with Crippen molar-refractivity contribution in [2.45, 2.75) is 43.9 Å². The number of benzene rings is 2. The third-order valence-corrected chi connectivity index (χ3v) is 6.87. The number of fused-ring (bicyclic) bond motifs is 1. The topological polar surface area (TPSA) is 74.9 Å². The van der Waals surface area contributed by atoms with E-state index in [-0.39, 0.29) is 17.8 Å². The highest BCUT2D eigenvalue weighted by atomic mass is 19.2. The maximum atomic E-state index is 13.5. The molecule has 0 radical (unpaired) electrons. The lowest BCUT2D eigenvalue weighted by atomic mass is 9.84. The molecule has 6 nitrogen and oxygen atoms in total. The number of halogens is 2. The van der Waals surface area contributed by atoms with Crippen molar-refractivity contribution in [3.05, 3.63) is 71.0 Å². The first-order valence-corrected chi connectivity index (χ1v) is 11.7. The molecular weight excluding hydrogens is 442 g/mol. The molecule has 2 aromatic carbocycles. The number of ether oxygens (including phenoxy) is 1. The van der Waals surface area contributed by atoms with Crippen LogP contribution in [0.25, 0.3) is 11.0 Å². The predicted molar refractivity (Wildman–Crippen MR) is 122 cm³/mol. The minimum absolute atomic E-state index is 0.0575. The van der Waals surface area contributed by atoms with Gasteiger partial charge in [-0.25, -0.2) is 8.78 Å². The Balaban J connectivity index is 1.22. The van der Waals surface area contributed by atoms with E-state index in [0.29, 0.717) is 50.2 Å². The van der Waals surface area contributed by atoms with E-state index >= 15 is 0 Å². The maximum Gasteiger partial charge on any atom is 0.287 e. The molecule has 3 aromatic rings. The second-order valence-electron chi connectivity index (χ2n) is 9.26. The number of amides is 1. The van der Waals surface area contributed by atoms with Crippen LogP contribution in [0.1, 0.15) is 47.4 Å². The Morgan fingerprint density at radius 2 is 1.94 bits per heavy atom. The molecule has 3 heterocycles. The van der Waals surface area contributed by atoms with Gasteiger partial charge in [0.05, 0.1) is 11.7 Å². The first-order chi connectivity index (χ1) is 16.4. The van der Waals surface area contributed by atoms with E-state index in [4.69, 9.17) is 9.15 Å². The van der Waals surface area contributed by atoms with Gasteiger partial charge in [0.2, 0.25) is 0 Å². The highest BCUT2D eigenvalue weighted by molar-refractivity contribution is 5.96. The Kier molecular flexibility index (Phi) is 6.38. The number of likely N-dealkylation sites (tertiary alicyclic amines) is 1. The van der Waals surface area contributed by atoms with E-state index in [0.717, 1.165) is 36.5 Å². The molecule has 2 aliphatic rings. The minimum atomic E-state index is -1.00. The second-order valence-corrected chi connectivity index (χ2v) is 9.26. The minimum Gasteiger partial charge on any atom is -0.451 e. The number of hydrogen-bond acceptors (Lipinski definition) is 5. The molecule has 0 spiro atoms. The molecule has 180 valence electrons. The zero-order valence-corrected chi connectivity index (χ0v) is 18.9. The highest BCUT2D eigenvalue weighted by Gasteiger charge is 2.34. The van der Waals surface area contributed by atoms with Crippen molar-refractivity contribution in [2.24, 2.45) is 0 Å². The largest absolute Gasteiger partial charge is 0.451 e. The van der Waals surface area contributed by atoms with E-state index in [1.807, 2.05) is 12.1 Å². The Bertz CT molecular complexity index is 1180. The number of carbonyl (C=O) groups is 1. The summed E-state index contributed by atoms with van der Waals surface area (Å²) in [5.74, 6) is -1.75. The number of aliphatic hydroxyl groups is 1. The monoisotopic (exact) mass is 470 g/mol. The van der Waals surface area contributed by atoms with Crippen LogP contribution in [-0.4, -0.2) is 48.3 Å². The lowest BCUT2D eigenvalue weighted by Crippen LogP contribution is -2.42. The molecule has 0 bridgehead atoms. The number of nitrogens with one attached hydrogen (secondary N) is 1. The van der Waals surface area contributed by atoms with Gasteiger partial charge in [-0.3, -0.25) is 9.69 Å². The van der Waals surface area contributed by atoms with E-state index in [9.17, 15) is 18.7 Å². The smallest absolute Gasteiger partial charge is 0.287 e. The third kappa shape index (κ3) is 4.85. The normalized spacial score (nSPS) is 20.6. The maximum absolute atomic E-state index is 13.5. The summed E-state index contributed by atoms with van der Waals surface area (Å²) in [6.07, 6.45) is 3.03. The summed E-state index contributed by atoms with van der Waals surface area (Å²) in [7, 11) is 0. The van der Waals surface area contributed by atoms with E-state index < -0.39 is 17.2 Å². The summed E-state index contributed by atoms with van der Waals surface area (Å²) in [6, 6.07) is 11.1. The van der Waals surface area contributed by atoms with Gasteiger partial charge < -0.3 is 19.6 Å². The Labute approximate surface area is 196 Å². The molecule has 1 amide bonds. The van der Waals surface area contributed by atoms with Gasteiger partial charge in [0.1, 0.15) is 5.58 Å². The fraction of sp³-hybridized carbons (Fsp3) is 0.423. The number of carbonyl (C=O) groups excluding carboxylic acids is 1. The Hall–Kier alpha value is -2.81. The summed E-state index contributed by atoms with van der Waals surface area (Å²) < 4.78 is 37.9. The van der Waals surface area contributed by atoms with Crippen LogP contribution in [0.15, 0.2) is 46.9 Å². The average molecular weight is 471 g/mol. The van der Waals surface area contributed by atoms with Crippen molar-refractivity contribution >= 4 is 16.9 Å². The molecule has 0 saturated carbocycles. The van der Waals surface area contributed by atoms with Gasteiger partial charge in [-0.2, -0.15) is 0 Å². The van der Waals surface area contributed by atoms with Crippen molar-refractivity contribution in [1.29, 1.82) is 0 Å². The fourth-order valence-corrected chi connectivity index (χ4v) is 4.81. The van der Waals surface area contributed by atoms with E-state index in [1.54, 1.807) is 18.2 Å². The van der Waals surface area contributed by atoms with Crippen LogP contribution in [-0.2, 0) is 16.9 Å². The van der Waals surface area contributed by atoms with Crippen LogP contribution in [0.5, 0.6) is 0 Å². The van der Waals surface area contributed by atoms with Crippen LogP contribution in [0.4, 0.5) is 8.78 Å². The third-order valence-electron chi connectivity index (χ3n) is 6.87. The number of nitrogens with zero attached hydrogens (tertiary/aromatic N) is 1. The quantitative estimate of drug-likeness (QED) is 0.567. The summed E-state index contributed by atoms with van der Waals surface area (Å²) in [5, 5.41) is 15.0. The predicted octanol–water partition coefficient (Wildman–Crippen LogP) is 4.10. The zero-order valence-electron chi connectivity index (χ0n) is 18.9. The van der Waals surface area contributed by atoms with E-state index in [1.165, 1.54) is 6.07 Å². The SMILES string of the molecule is O=C(NCC1CCCO1)c1cc2cc(C3(O)CCN(Cc4ccc(F)c(F)c4)CC3)ccc2o1. The van der Waals surface area contributed by atoms with E-state index in [2.05, 4.69) is 10.2 Å². The molecule has 2 aliphatic heterocycles. The van der Waals surface area contributed by atoms with Crippen molar-refractivity contribution in [1.82, 2.24) is 10.2 Å². The van der Waals surface area contributed by atoms with Crippen LogP contribution in [0.3, 0.4) is 0 Å². The Morgan fingerprint density at radius 3 is 2.68 bits per heavy atom. The van der Waals surface area contributed by atoms with Crippen LogP contribution in [0.2, 0.25) is 0 Å². The first-order valence-electron chi connectivity index (χ1n) is 11.7. The molecule has 34 heavy (non-hydrogen) atoms. The molecule has 0 aliphatic carbocycles. The molecule has 2 fully saturated rings. The summed E-state index contributed by atoms with van der Waals surface area (Å²) in [4.78, 5) is 14.6. The molecule has 5 rings (SSSR count). The van der Waals surface area contributed by atoms with Crippen LogP contribution in [0, 0.1) is 11.6 Å². The summed E-state index contributed by atoms with van der Waals surface area (Å²) in [6.45, 7) is 2.94. The number of piperidine rings is 1. The average Bonchev–Trinajstić information content (AvgIpc) is 3.51. The van der Waals surface area contributed by atoms with Crippen LogP contribution >= 0.6 is 0 Å². The first kappa shape index (κ1) is 23.0. The van der Waals surface area contributed by atoms with Gasteiger partial charge in [-0.15, -0.1) is 0 Å². The molecule has 1 unspecified atom stereocenters. The van der Waals surface area contributed by atoms with Crippen molar-refractivity contribution in [2.75, 3.05) is 26.2 Å². The lowest BCUT2D eigenvalue weighted by Gasteiger charge is -2.38. The van der Waals surface area contributed by atoms with Crippen LogP contribution < -0.4 is 5.32 Å². The Morgan fingerprint density at radius 1 is 1.12 bits per heavy atom. The van der Waals surface area contributed by atoms with Gasteiger partial charge in [0, 0.05) is 38.2 Å². The van der Waals surface area contributed by atoms with Crippen molar-refractivity contribution in [3.63, 3.8) is 0 Å². The standard InChI is InChI=1S/C26H28F2N2O4/c27-21-5-3-17(12-22(21)28)16-30-9-7-26(32,8-10-30)19-4-6-23-18(13-19)14-24(34-23)25(31)29-15-20-2-1-11-33-20/h3-6,12-14,20,32H,1-2,7-11,15-16H2,(H,29,31). The molecule has 2 N–H and O–H groups in total. The number of rotatable bonds is 6. The van der Waals surface area contributed by atoms with Crippen molar-refractivity contribution < 1.29 is 27.8 Å². The van der Waals surface area contributed by atoms with Gasteiger partial charge >= 0.3 is 0 Å². The summed E-state index contributed by atoms with van der Waals surface area (Å²) in [5.41, 5.74) is 1.07. The number of hydrogen-bond donors (Lipinski definition) is 2. The molecule has 1 aromatic heterocycles. The van der Waals surface area contributed by atoms with Crippen molar-refractivity contribution in [3.8, 4) is 0 Å². The molecule has 8 heteroatoms. The molecule has 2 saturated heterocycles. The van der Waals surface area contributed by atoms with Gasteiger partial charge in [-0.05, 0) is 67.1 Å². The highest BCUT2D eigenvalue weighted by Crippen LogP contribution is 2.35. The summed E-state index contributed by atoms with van der Waals surface area (Å²) >= 11 is 0. The second kappa shape index (κ2) is 9.44. The molecule has 1 atom stereocenters. The molecular formula is C26H28F2N2O4. The lowest BCUT2D eigenvalue weighted by molar-refractivity contribution is -0.0276. The van der Waals surface area contributed by atoms with Gasteiger partial charge in [0.25, 0.3) is 5.91 Å². The zero-order chi connectivity index (χ0) is 23.7. The van der Waals surface area contributed by atoms with Gasteiger partial charge in [-0.1, -0.05) is 12.1 Å². The number of furan rings is 1. The van der Waals surface area contributed by atoms with Gasteiger partial charge in [0.15, 0.2) is 17.4 Å². The fourth-order valence-electron chi connectivity index (χ4n) is 4.81.